The molecule has 4 rings (SSSR count). The highest BCUT2D eigenvalue weighted by atomic mass is 32.2. The Balaban J connectivity index is 0.000000230. The molecule has 2 aliphatic rings. The number of carboxylic acids is 2. The van der Waals surface area contributed by atoms with Crippen LogP contribution in [0.3, 0.4) is 0 Å². The number of hydrogen-bond donors (Lipinski definition) is 6. The van der Waals surface area contributed by atoms with E-state index in [0.29, 0.717) is 25.7 Å². The number of rotatable bonds is 10. The largest absolute Gasteiger partial charge is 0.481 e. The molecule has 2 aromatic carbocycles. The van der Waals surface area contributed by atoms with Gasteiger partial charge in [0.2, 0.25) is 20.0 Å². The standard InChI is InChI=1S/2C12H16BNO6S/c2*15-12(16)8-9-6-7-11(13(17)20-9)14-21(18,19)10-4-2-1-3-5-10/h2*1-5,9,11,14,17H,6-8H2,(H,15,16)/t2*9-,11-/m00/s1. The van der Waals surface area contributed by atoms with E-state index in [1.807, 2.05) is 0 Å². The fourth-order valence-electron chi connectivity index (χ4n) is 4.39. The Labute approximate surface area is 244 Å². The zero-order valence-electron chi connectivity index (χ0n) is 22.4. The van der Waals surface area contributed by atoms with Gasteiger partial charge in [-0.3, -0.25) is 9.59 Å². The Morgan fingerprint density at radius 1 is 0.667 bits per heavy atom. The van der Waals surface area contributed by atoms with Crippen molar-refractivity contribution in [1.29, 1.82) is 0 Å². The molecule has 4 atom stereocenters. The van der Waals surface area contributed by atoms with E-state index in [1.165, 1.54) is 24.3 Å². The number of nitrogens with one attached hydrogen (secondary N) is 2. The molecule has 2 aliphatic heterocycles. The fraction of sp³-hybridized carbons (Fsp3) is 0.417. The van der Waals surface area contributed by atoms with Gasteiger partial charge in [-0.2, -0.15) is 0 Å². The van der Waals surface area contributed by atoms with Gasteiger partial charge >= 0.3 is 26.2 Å². The molecule has 2 saturated heterocycles. The number of carboxylic acid groups (broad SMARTS) is 2. The molecule has 2 fully saturated rings. The van der Waals surface area contributed by atoms with Gasteiger partial charge in [0.05, 0.1) is 46.7 Å². The summed E-state index contributed by atoms with van der Waals surface area (Å²) < 4.78 is 63.6. The van der Waals surface area contributed by atoms with E-state index in [2.05, 4.69) is 9.44 Å². The van der Waals surface area contributed by atoms with E-state index >= 15 is 0 Å². The highest BCUT2D eigenvalue weighted by Gasteiger charge is 2.39. The molecule has 14 nitrogen and oxygen atoms in total. The van der Waals surface area contributed by atoms with E-state index in [9.17, 15) is 36.5 Å². The van der Waals surface area contributed by atoms with Crippen LogP contribution in [0.25, 0.3) is 0 Å². The summed E-state index contributed by atoms with van der Waals surface area (Å²) in [7, 11) is -10.2. The van der Waals surface area contributed by atoms with Crippen LogP contribution < -0.4 is 9.44 Å². The van der Waals surface area contributed by atoms with Crippen molar-refractivity contribution in [1.82, 2.24) is 9.44 Å². The monoisotopic (exact) mass is 626 g/mol. The fourth-order valence-corrected chi connectivity index (χ4v) is 6.96. The van der Waals surface area contributed by atoms with Crippen LogP contribution >= 0.6 is 0 Å². The first kappa shape index (κ1) is 33.7. The molecular formula is C24H32B2N2O12S2. The Hall–Kier alpha value is -2.83. The molecule has 42 heavy (non-hydrogen) atoms. The molecule has 2 aromatic rings. The van der Waals surface area contributed by atoms with Gasteiger partial charge in [0.25, 0.3) is 0 Å². The first-order chi connectivity index (χ1) is 19.8. The first-order valence-electron chi connectivity index (χ1n) is 13.0. The molecule has 6 N–H and O–H groups in total. The van der Waals surface area contributed by atoms with E-state index < -0.39 is 70.3 Å². The zero-order chi connectivity index (χ0) is 30.9. The van der Waals surface area contributed by atoms with Gasteiger partial charge in [-0.1, -0.05) is 36.4 Å². The lowest BCUT2D eigenvalue weighted by molar-refractivity contribution is -0.140. The van der Waals surface area contributed by atoms with E-state index in [1.54, 1.807) is 36.4 Å². The Morgan fingerprint density at radius 3 is 1.29 bits per heavy atom. The maximum Gasteiger partial charge on any atom is 0.473 e. The minimum Gasteiger partial charge on any atom is -0.481 e. The van der Waals surface area contributed by atoms with Gasteiger partial charge in [0.15, 0.2) is 0 Å². The molecule has 0 spiro atoms. The summed E-state index contributed by atoms with van der Waals surface area (Å²) in [6.45, 7) is 0. The maximum absolute atomic E-state index is 12.1. The summed E-state index contributed by atoms with van der Waals surface area (Å²) in [4.78, 5) is 21.4. The second-order valence-corrected chi connectivity index (χ2v) is 13.2. The van der Waals surface area contributed by atoms with Crippen molar-refractivity contribution in [2.45, 2.75) is 72.4 Å². The third-order valence-electron chi connectivity index (χ3n) is 6.48. The van der Waals surface area contributed by atoms with Crippen LogP contribution in [0, 0.1) is 0 Å². The van der Waals surface area contributed by atoms with Crippen molar-refractivity contribution < 1.29 is 56.0 Å². The van der Waals surface area contributed by atoms with Crippen molar-refractivity contribution >= 4 is 46.2 Å². The lowest BCUT2D eigenvalue weighted by Crippen LogP contribution is -2.52. The summed E-state index contributed by atoms with van der Waals surface area (Å²) in [5.74, 6) is -3.62. The Kier molecular flexibility index (Phi) is 12.1. The molecule has 2 heterocycles. The summed E-state index contributed by atoms with van der Waals surface area (Å²) >= 11 is 0. The molecular weight excluding hydrogens is 594 g/mol. The molecule has 0 bridgehead atoms. The third-order valence-corrected chi connectivity index (χ3v) is 9.49. The van der Waals surface area contributed by atoms with Crippen LogP contribution in [0.2, 0.25) is 0 Å². The topological polar surface area (TPSA) is 226 Å². The lowest BCUT2D eigenvalue weighted by atomic mass is 9.73. The molecule has 0 aromatic heterocycles. The van der Waals surface area contributed by atoms with Crippen molar-refractivity contribution in [3.8, 4) is 0 Å². The third kappa shape index (κ3) is 10.2. The Bertz CT molecular complexity index is 1290. The second-order valence-electron chi connectivity index (χ2n) is 9.73. The normalized spacial score (nSPS) is 23.0. The van der Waals surface area contributed by atoms with Crippen molar-refractivity contribution in [2.24, 2.45) is 0 Å². The van der Waals surface area contributed by atoms with E-state index in [4.69, 9.17) is 19.5 Å². The molecule has 0 radical (unpaired) electrons. The minimum absolute atomic E-state index is 0.102. The quantitative estimate of drug-likeness (QED) is 0.192. The summed E-state index contributed by atoms with van der Waals surface area (Å²) in [6, 6.07) is 15.6. The van der Waals surface area contributed by atoms with Gasteiger partial charge in [0.1, 0.15) is 0 Å². The average Bonchev–Trinajstić information content (AvgIpc) is 2.92. The number of carbonyl (C=O) groups is 2. The molecule has 0 unspecified atom stereocenters. The smallest absolute Gasteiger partial charge is 0.473 e. The molecule has 228 valence electrons. The zero-order valence-corrected chi connectivity index (χ0v) is 24.0. The predicted molar refractivity (Wildman–Crippen MR) is 150 cm³/mol. The van der Waals surface area contributed by atoms with Crippen LogP contribution in [-0.4, -0.2) is 87.4 Å². The van der Waals surface area contributed by atoms with Gasteiger partial charge in [-0.05, 0) is 49.9 Å². The van der Waals surface area contributed by atoms with Gasteiger partial charge in [-0.25, -0.2) is 26.3 Å². The summed E-state index contributed by atoms with van der Waals surface area (Å²) in [5, 5.41) is 37.0. The van der Waals surface area contributed by atoms with Gasteiger partial charge in [-0.15, -0.1) is 0 Å². The average molecular weight is 626 g/mol. The number of sulfonamides is 2. The van der Waals surface area contributed by atoms with Crippen LogP contribution in [-0.2, 0) is 38.9 Å². The SMILES string of the molecule is O=C(O)C[C@@H]1CC[C@H](NS(=O)(=O)c2ccccc2)B(O)O1.O=C(O)C[C@@H]1CC[C@H](NS(=O)(=O)c2ccccc2)B(O)O1. The predicted octanol–water partition coefficient (Wildman–Crippen LogP) is 0.0138. The number of benzene rings is 2. The van der Waals surface area contributed by atoms with E-state index in [-0.39, 0.29) is 22.6 Å². The van der Waals surface area contributed by atoms with Crippen LogP contribution in [0.15, 0.2) is 70.5 Å². The molecule has 0 saturated carbocycles. The second kappa shape index (κ2) is 15.1. The first-order valence-corrected chi connectivity index (χ1v) is 16.0. The van der Waals surface area contributed by atoms with Crippen molar-refractivity contribution in [3.05, 3.63) is 60.7 Å². The highest BCUT2D eigenvalue weighted by molar-refractivity contribution is 7.89. The van der Waals surface area contributed by atoms with E-state index in [0.717, 1.165) is 0 Å². The lowest BCUT2D eigenvalue weighted by Gasteiger charge is -2.30. The number of hydrogen-bond acceptors (Lipinski definition) is 10. The van der Waals surface area contributed by atoms with Crippen molar-refractivity contribution in [2.75, 3.05) is 0 Å². The molecule has 0 aliphatic carbocycles. The van der Waals surface area contributed by atoms with Crippen LogP contribution in [0.1, 0.15) is 38.5 Å². The van der Waals surface area contributed by atoms with Crippen LogP contribution in [0.4, 0.5) is 0 Å². The molecule has 18 heteroatoms. The van der Waals surface area contributed by atoms with Gasteiger partial charge < -0.3 is 29.6 Å². The number of aliphatic carboxylic acids is 2. The highest BCUT2D eigenvalue weighted by Crippen LogP contribution is 2.22. The molecule has 0 amide bonds. The summed E-state index contributed by atoms with van der Waals surface area (Å²) in [5.41, 5.74) is 0. The van der Waals surface area contributed by atoms with Crippen molar-refractivity contribution in [3.63, 3.8) is 0 Å². The maximum atomic E-state index is 12.1. The van der Waals surface area contributed by atoms with Gasteiger partial charge in [0, 0.05) is 0 Å². The summed E-state index contributed by atoms with van der Waals surface area (Å²) in [6.07, 6.45) is -0.276. The Morgan fingerprint density at radius 2 is 1.00 bits per heavy atom. The minimum atomic E-state index is -3.74. The van der Waals surface area contributed by atoms with Crippen LogP contribution in [0.5, 0.6) is 0 Å².